The molecule has 3 unspecified atom stereocenters. The van der Waals surface area contributed by atoms with Crippen LogP contribution in [0.2, 0.25) is 0 Å². The summed E-state index contributed by atoms with van der Waals surface area (Å²) < 4.78 is 13.0. The van der Waals surface area contributed by atoms with E-state index in [1.807, 2.05) is 0 Å². The molecule has 106 valence electrons. The average molecular weight is 265 g/mol. The molecule has 2 rings (SSSR count). The average Bonchev–Trinajstić information content (AvgIpc) is 2.37. The van der Waals surface area contributed by atoms with Gasteiger partial charge in [0.2, 0.25) is 0 Å². The molecule has 0 amide bonds. The van der Waals surface area contributed by atoms with Gasteiger partial charge in [0.15, 0.2) is 0 Å². The molecule has 3 atom stereocenters. The molecule has 0 aliphatic heterocycles. The molecule has 1 aromatic carbocycles. The van der Waals surface area contributed by atoms with Crippen molar-refractivity contribution in [3.05, 3.63) is 29.6 Å². The second kappa shape index (κ2) is 5.91. The number of aromatic hydroxyl groups is 1. The fourth-order valence-corrected chi connectivity index (χ4v) is 3.18. The lowest BCUT2D eigenvalue weighted by Crippen LogP contribution is -2.37. The number of rotatable bonds is 3. The maximum Gasteiger partial charge on any atom is 0.126 e. The van der Waals surface area contributed by atoms with Gasteiger partial charge in [-0.25, -0.2) is 4.39 Å². The van der Waals surface area contributed by atoms with Crippen molar-refractivity contribution in [3.8, 4) is 5.75 Å². The van der Waals surface area contributed by atoms with Crippen LogP contribution in [0.1, 0.15) is 51.1 Å². The summed E-state index contributed by atoms with van der Waals surface area (Å²) in [5.74, 6) is 0.445. The Labute approximate surface area is 115 Å². The zero-order chi connectivity index (χ0) is 14.0. The van der Waals surface area contributed by atoms with Crippen molar-refractivity contribution in [2.45, 2.75) is 51.6 Å². The van der Waals surface area contributed by atoms with Crippen LogP contribution in [0.15, 0.2) is 18.2 Å². The summed E-state index contributed by atoms with van der Waals surface area (Å²) in [6.07, 6.45) is 5.02. The van der Waals surface area contributed by atoms with Crippen LogP contribution in [0.5, 0.6) is 5.75 Å². The molecule has 0 aromatic heterocycles. The third-order valence-corrected chi connectivity index (χ3v) is 4.54. The highest BCUT2D eigenvalue weighted by atomic mass is 19.1. The number of phenols is 1. The first-order chi connectivity index (χ1) is 8.99. The maximum atomic E-state index is 13.0. The van der Waals surface area contributed by atoms with Gasteiger partial charge in [0, 0.05) is 23.7 Å². The monoisotopic (exact) mass is 265 g/mol. The molecule has 0 heterocycles. The van der Waals surface area contributed by atoms with Gasteiger partial charge in [0.05, 0.1) is 0 Å². The number of hydrogen-bond donors (Lipinski definition) is 1. The van der Waals surface area contributed by atoms with Crippen molar-refractivity contribution in [2.75, 3.05) is 7.05 Å². The van der Waals surface area contributed by atoms with E-state index in [2.05, 4.69) is 25.8 Å². The zero-order valence-electron chi connectivity index (χ0n) is 12.1. The summed E-state index contributed by atoms with van der Waals surface area (Å²) in [5.41, 5.74) is 0.808. The van der Waals surface area contributed by atoms with Gasteiger partial charge in [0.1, 0.15) is 11.6 Å². The molecule has 1 fully saturated rings. The van der Waals surface area contributed by atoms with Gasteiger partial charge in [-0.2, -0.15) is 0 Å². The topological polar surface area (TPSA) is 23.5 Å². The predicted molar refractivity (Wildman–Crippen MR) is 75.7 cm³/mol. The van der Waals surface area contributed by atoms with Crippen LogP contribution >= 0.6 is 0 Å². The SMILES string of the molecule is CC1CCCC(N(C)C(C)c2ccc(F)cc2O)C1. The smallest absolute Gasteiger partial charge is 0.126 e. The Kier molecular flexibility index (Phi) is 4.46. The van der Waals surface area contributed by atoms with E-state index in [-0.39, 0.29) is 17.6 Å². The second-order valence-corrected chi connectivity index (χ2v) is 5.97. The van der Waals surface area contributed by atoms with Crippen molar-refractivity contribution in [1.29, 1.82) is 0 Å². The Morgan fingerprint density at radius 3 is 2.74 bits per heavy atom. The highest BCUT2D eigenvalue weighted by Crippen LogP contribution is 2.34. The lowest BCUT2D eigenvalue weighted by atomic mass is 9.85. The quantitative estimate of drug-likeness (QED) is 0.889. The van der Waals surface area contributed by atoms with E-state index in [1.54, 1.807) is 6.07 Å². The van der Waals surface area contributed by atoms with E-state index in [1.165, 1.54) is 37.8 Å². The molecule has 1 aromatic rings. The molecule has 0 radical (unpaired) electrons. The summed E-state index contributed by atoms with van der Waals surface area (Å²) in [5, 5.41) is 9.89. The van der Waals surface area contributed by atoms with Crippen molar-refractivity contribution < 1.29 is 9.50 Å². The molecule has 0 spiro atoms. The van der Waals surface area contributed by atoms with E-state index in [9.17, 15) is 9.50 Å². The molecule has 3 heteroatoms. The minimum absolute atomic E-state index is 0.0585. The number of nitrogens with zero attached hydrogens (tertiary/aromatic N) is 1. The summed E-state index contributed by atoms with van der Waals surface area (Å²) >= 11 is 0. The van der Waals surface area contributed by atoms with E-state index < -0.39 is 0 Å². The van der Waals surface area contributed by atoms with Crippen LogP contribution in [0.25, 0.3) is 0 Å². The van der Waals surface area contributed by atoms with Crippen LogP contribution in [0.3, 0.4) is 0 Å². The molecule has 1 N–H and O–H groups in total. The van der Waals surface area contributed by atoms with E-state index in [4.69, 9.17) is 0 Å². The summed E-state index contributed by atoms with van der Waals surface area (Å²) in [7, 11) is 2.11. The van der Waals surface area contributed by atoms with Crippen LogP contribution in [-0.2, 0) is 0 Å². The molecule has 2 nitrogen and oxygen atoms in total. The summed E-state index contributed by atoms with van der Waals surface area (Å²) in [6.45, 7) is 4.38. The highest BCUT2D eigenvalue weighted by molar-refractivity contribution is 5.35. The van der Waals surface area contributed by atoms with Gasteiger partial charge < -0.3 is 5.11 Å². The van der Waals surface area contributed by atoms with Gasteiger partial charge in [-0.1, -0.05) is 25.8 Å². The van der Waals surface area contributed by atoms with Gasteiger partial charge in [-0.05, 0) is 38.8 Å². The third kappa shape index (κ3) is 3.27. The normalized spacial score (nSPS) is 25.5. The van der Waals surface area contributed by atoms with E-state index in [0.29, 0.717) is 6.04 Å². The van der Waals surface area contributed by atoms with E-state index in [0.717, 1.165) is 11.5 Å². The van der Waals surface area contributed by atoms with Crippen molar-refractivity contribution in [2.24, 2.45) is 5.92 Å². The second-order valence-electron chi connectivity index (χ2n) is 5.97. The highest BCUT2D eigenvalue weighted by Gasteiger charge is 2.26. The molecular weight excluding hydrogens is 241 g/mol. The summed E-state index contributed by atoms with van der Waals surface area (Å²) in [6, 6.07) is 4.98. The Morgan fingerprint density at radius 1 is 1.37 bits per heavy atom. The first-order valence-electron chi connectivity index (χ1n) is 7.19. The van der Waals surface area contributed by atoms with Gasteiger partial charge in [-0.3, -0.25) is 4.90 Å². The molecule has 0 saturated heterocycles. The Morgan fingerprint density at radius 2 is 2.11 bits per heavy atom. The van der Waals surface area contributed by atoms with Crippen LogP contribution in [-0.4, -0.2) is 23.1 Å². The number of halogens is 1. The third-order valence-electron chi connectivity index (χ3n) is 4.54. The minimum atomic E-state index is -0.387. The lowest BCUT2D eigenvalue weighted by molar-refractivity contribution is 0.124. The van der Waals surface area contributed by atoms with Crippen LogP contribution < -0.4 is 0 Å². The van der Waals surface area contributed by atoms with Crippen molar-refractivity contribution >= 4 is 0 Å². The van der Waals surface area contributed by atoms with Crippen LogP contribution in [0.4, 0.5) is 4.39 Å². The molecular formula is C16H24FNO. The number of phenolic OH excluding ortho intramolecular Hbond substituents is 1. The Bertz CT molecular complexity index is 435. The van der Waals surface area contributed by atoms with E-state index >= 15 is 0 Å². The largest absolute Gasteiger partial charge is 0.508 e. The van der Waals surface area contributed by atoms with Gasteiger partial charge in [0.25, 0.3) is 0 Å². The fraction of sp³-hybridized carbons (Fsp3) is 0.625. The van der Waals surface area contributed by atoms with Crippen molar-refractivity contribution in [1.82, 2.24) is 4.90 Å². The number of hydrogen-bond acceptors (Lipinski definition) is 2. The molecule has 1 aliphatic rings. The van der Waals surface area contributed by atoms with Crippen LogP contribution in [0, 0.1) is 11.7 Å². The first-order valence-corrected chi connectivity index (χ1v) is 7.19. The molecule has 1 aliphatic carbocycles. The molecule has 0 bridgehead atoms. The van der Waals surface area contributed by atoms with Gasteiger partial charge >= 0.3 is 0 Å². The molecule has 19 heavy (non-hydrogen) atoms. The van der Waals surface area contributed by atoms with Crippen molar-refractivity contribution in [3.63, 3.8) is 0 Å². The maximum absolute atomic E-state index is 13.0. The minimum Gasteiger partial charge on any atom is -0.508 e. The fourth-order valence-electron chi connectivity index (χ4n) is 3.18. The standard InChI is InChI=1S/C16H24FNO/c1-11-5-4-6-14(9-11)18(3)12(2)15-8-7-13(17)10-16(15)19/h7-8,10-12,14,19H,4-6,9H2,1-3H3. The van der Waals surface area contributed by atoms with Gasteiger partial charge in [-0.15, -0.1) is 0 Å². The number of benzene rings is 1. The first kappa shape index (κ1) is 14.3. The zero-order valence-corrected chi connectivity index (χ0v) is 12.1. The molecule has 1 saturated carbocycles. The Hall–Kier alpha value is -1.09. The Balaban J connectivity index is 2.11. The predicted octanol–water partition coefficient (Wildman–Crippen LogP) is 4.10. The lowest BCUT2D eigenvalue weighted by Gasteiger charge is -2.38. The summed E-state index contributed by atoms with van der Waals surface area (Å²) in [4.78, 5) is 2.32.